The Kier molecular flexibility index (Phi) is 3.62. The Balaban J connectivity index is 1.98. The van der Waals surface area contributed by atoms with E-state index in [9.17, 15) is 0 Å². The molecule has 0 aromatic heterocycles. The Morgan fingerprint density at radius 1 is 1.33 bits per heavy atom. The summed E-state index contributed by atoms with van der Waals surface area (Å²) < 4.78 is 5.24. The molecule has 0 aliphatic carbocycles. The van der Waals surface area contributed by atoms with Crippen molar-refractivity contribution in [3.63, 3.8) is 0 Å². The Morgan fingerprint density at radius 2 is 2.13 bits per heavy atom. The Hall–Kier alpha value is -1.02. The number of hydrogen-bond donors (Lipinski definition) is 0. The van der Waals surface area contributed by atoms with Gasteiger partial charge in [-0.05, 0) is 30.9 Å². The first-order chi connectivity index (χ1) is 7.40. The fraction of sp³-hybridized carbons (Fsp3) is 0.538. The van der Waals surface area contributed by atoms with Crippen LogP contribution in [0.3, 0.4) is 0 Å². The number of rotatable bonds is 3. The van der Waals surface area contributed by atoms with Gasteiger partial charge in [0, 0.05) is 25.9 Å². The minimum atomic E-state index is 0.698. The summed E-state index contributed by atoms with van der Waals surface area (Å²) in [6, 6.07) is 10.7. The zero-order chi connectivity index (χ0) is 10.5. The zero-order valence-corrected chi connectivity index (χ0v) is 9.36. The molecule has 1 aliphatic rings. The second-order valence-electron chi connectivity index (χ2n) is 4.25. The Bertz CT molecular complexity index is 284. The van der Waals surface area contributed by atoms with Crippen LogP contribution in [0.4, 0.5) is 5.69 Å². The van der Waals surface area contributed by atoms with Crippen LogP contribution in [0.5, 0.6) is 0 Å². The SMILES string of the molecule is COCC1CCCN(c2ccccc2)C1. The lowest BCUT2D eigenvalue weighted by atomic mass is 9.98. The van der Waals surface area contributed by atoms with Crippen molar-refractivity contribution in [1.29, 1.82) is 0 Å². The molecule has 1 unspecified atom stereocenters. The quantitative estimate of drug-likeness (QED) is 0.752. The number of nitrogens with zero attached hydrogens (tertiary/aromatic N) is 1. The van der Waals surface area contributed by atoms with Crippen LogP contribution in [0.2, 0.25) is 0 Å². The Morgan fingerprint density at radius 3 is 2.87 bits per heavy atom. The Labute approximate surface area is 91.9 Å². The van der Waals surface area contributed by atoms with E-state index in [4.69, 9.17) is 4.74 Å². The zero-order valence-electron chi connectivity index (χ0n) is 9.36. The first-order valence-electron chi connectivity index (χ1n) is 5.69. The molecule has 0 radical (unpaired) electrons. The summed E-state index contributed by atoms with van der Waals surface area (Å²) >= 11 is 0. The van der Waals surface area contributed by atoms with Crippen LogP contribution in [0.15, 0.2) is 30.3 Å². The highest BCUT2D eigenvalue weighted by Crippen LogP contribution is 2.22. The molecule has 1 heterocycles. The summed E-state index contributed by atoms with van der Waals surface area (Å²) in [6.45, 7) is 3.21. The maximum Gasteiger partial charge on any atom is 0.0507 e. The largest absolute Gasteiger partial charge is 0.384 e. The first kappa shape index (κ1) is 10.5. The number of benzene rings is 1. The molecule has 1 aromatic rings. The summed E-state index contributed by atoms with van der Waals surface area (Å²) in [4.78, 5) is 2.47. The predicted octanol–water partition coefficient (Wildman–Crippen LogP) is 2.55. The monoisotopic (exact) mass is 205 g/mol. The van der Waals surface area contributed by atoms with Crippen LogP contribution in [0.25, 0.3) is 0 Å². The highest BCUT2D eigenvalue weighted by Gasteiger charge is 2.19. The normalized spacial score (nSPS) is 21.7. The number of methoxy groups -OCH3 is 1. The maximum atomic E-state index is 5.24. The van der Waals surface area contributed by atoms with Gasteiger partial charge in [0.25, 0.3) is 0 Å². The molecule has 0 saturated carbocycles. The molecule has 2 heteroatoms. The highest BCUT2D eigenvalue weighted by molar-refractivity contribution is 5.46. The molecule has 82 valence electrons. The first-order valence-corrected chi connectivity index (χ1v) is 5.69. The van der Waals surface area contributed by atoms with Crippen molar-refractivity contribution in [2.75, 3.05) is 31.7 Å². The van der Waals surface area contributed by atoms with Crippen molar-refractivity contribution in [2.24, 2.45) is 5.92 Å². The van der Waals surface area contributed by atoms with E-state index in [-0.39, 0.29) is 0 Å². The summed E-state index contributed by atoms with van der Waals surface area (Å²) in [5, 5.41) is 0. The number of ether oxygens (including phenoxy) is 1. The number of anilines is 1. The van der Waals surface area contributed by atoms with Crippen LogP contribution in [-0.4, -0.2) is 26.8 Å². The molecular formula is C13H19NO. The molecule has 1 saturated heterocycles. The topological polar surface area (TPSA) is 12.5 Å². The third-order valence-corrected chi connectivity index (χ3v) is 3.04. The average molecular weight is 205 g/mol. The summed E-state index contributed by atoms with van der Waals surface area (Å²) in [6.07, 6.45) is 2.58. The third-order valence-electron chi connectivity index (χ3n) is 3.04. The van der Waals surface area contributed by atoms with Gasteiger partial charge >= 0.3 is 0 Å². The molecule has 1 aromatic carbocycles. The summed E-state index contributed by atoms with van der Waals surface area (Å²) in [7, 11) is 1.79. The average Bonchev–Trinajstić information content (AvgIpc) is 2.31. The minimum absolute atomic E-state index is 0.698. The second kappa shape index (κ2) is 5.17. The minimum Gasteiger partial charge on any atom is -0.384 e. The molecular weight excluding hydrogens is 186 g/mol. The van der Waals surface area contributed by atoms with Crippen LogP contribution >= 0.6 is 0 Å². The van der Waals surface area contributed by atoms with Gasteiger partial charge in [-0.3, -0.25) is 0 Å². The van der Waals surface area contributed by atoms with Gasteiger partial charge in [0.15, 0.2) is 0 Å². The van der Waals surface area contributed by atoms with E-state index in [1.54, 1.807) is 7.11 Å². The van der Waals surface area contributed by atoms with Gasteiger partial charge in [-0.15, -0.1) is 0 Å². The van der Waals surface area contributed by atoms with Crippen LogP contribution in [0.1, 0.15) is 12.8 Å². The lowest BCUT2D eigenvalue weighted by Gasteiger charge is -2.34. The van der Waals surface area contributed by atoms with E-state index in [0.29, 0.717) is 5.92 Å². The molecule has 0 N–H and O–H groups in total. The van der Waals surface area contributed by atoms with E-state index in [2.05, 4.69) is 35.2 Å². The van der Waals surface area contributed by atoms with Crippen molar-refractivity contribution in [2.45, 2.75) is 12.8 Å². The number of piperidine rings is 1. The van der Waals surface area contributed by atoms with Gasteiger partial charge in [-0.25, -0.2) is 0 Å². The van der Waals surface area contributed by atoms with Gasteiger partial charge in [-0.2, -0.15) is 0 Å². The van der Waals surface area contributed by atoms with Gasteiger partial charge < -0.3 is 9.64 Å². The molecule has 2 nitrogen and oxygen atoms in total. The number of para-hydroxylation sites is 1. The highest BCUT2D eigenvalue weighted by atomic mass is 16.5. The molecule has 1 atom stereocenters. The van der Waals surface area contributed by atoms with Gasteiger partial charge in [0.05, 0.1) is 6.61 Å². The standard InChI is InChI=1S/C13H19NO/c1-15-11-12-6-5-9-14(10-12)13-7-3-2-4-8-13/h2-4,7-8,12H,5-6,9-11H2,1H3. The predicted molar refractivity (Wildman–Crippen MR) is 63.3 cm³/mol. The van der Waals surface area contributed by atoms with Gasteiger partial charge in [0.1, 0.15) is 0 Å². The lowest BCUT2D eigenvalue weighted by molar-refractivity contribution is 0.143. The smallest absolute Gasteiger partial charge is 0.0507 e. The van der Waals surface area contributed by atoms with Crippen molar-refractivity contribution in [3.8, 4) is 0 Å². The molecule has 0 bridgehead atoms. The second-order valence-corrected chi connectivity index (χ2v) is 4.25. The lowest BCUT2D eigenvalue weighted by Crippen LogP contribution is -2.37. The van der Waals surface area contributed by atoms with Crippen molar-refractivity contribution < 1.29 is 4.74 Å². The molecule has 0 spiro atoms. The molecule has 2 rings (SSSR count). The van der Waals surface area contributed by atoms with E-state index in [1.165, 1.54) is 25.1 Å². The van der Waals surface area contributed by atoms with Crippen molar-refractivity contribution >= 4 is 5.69 Å². The fourth-order valence-electron chi connectivity index (χ4n) is 2.31. The summed E-state index contributed by atoms with van der Waals surface area (Å²) in [5.74, 6) is 0.698. The number of hydrogen-bond acceptors (Lipinski definition) is 2. The molecule has 0 amide bonds. The summed E-state index contributed by atoms with van der Waals surface area (Å²) in [5.41, 5.74) is 1.35. The van der Waals surface area contributed by atoms with Crippen LogP contribution < -0.4 is 4.90 Å². The van der Waals surface area contributed by atoms with E-state index in [0.717, 1.165) is 13.2 Å². The van der Waals surface area contributed by atoms with Crippen LogP contribution in [0, 0.1) is 5.92 Å². The molecule has 15 heavy (non-hydrogen) atoms. The van der Waals surface area contributed by atoms with Crippen LogP contribution in [-0.2, 0) is 4.74 Å². The van der Waals surface area contributed by atoms with Crippen molar-refractivity contribution in [1.82, 2.24) is 0 Å². The van der Waals surface area contributed by atoms with E-state index in [1.807, 2.05) is 0 Å². The fourth-order valence-corrected chi connectivity index (χ4v) is 2.31. The van der Waals surface area contributed by atoms with E-state index >= 15 is 0 Å². The van der Waals surface area contributed by atoms with Gasteiger partial charge in [-0.1, -0.05) is 18.2 Å². The van der Waals surface area contributed by atoms with Crippen molar-refractivity contribution in [3.05, 3.63) is 30.3 Å². The molecule has 1 fully saturated rings. The third kappa shape index (κ3) is 2.72. The molecule has 1 aliphatic heterocycles. The maximum absolute atomic E-state index is 5.24. The van der Waals surface area contributed by atoms with Gasteiger partial charge in [0.2, 0.25) is 0 Å². The van der Waals surface area contributed by atoms with E-state index < -0.39 is 0 Å².